The van der Waals surface area contributed by atoms with Gasteiger partial charge < -0.3 is 5.73 Å². The first-order valence-electron chi connectivity index (χ1n) is 5.23. The quantitative estimate of drug-likeness (QED) is 0.707. The maximum atomic E-state index is 11.3. The van der Waals surface area contributed by atoms with Crippen LogP contribution in [0.2, 0.25) is 0 Å². The van der Waals surface area contributed by atoms with Gasteiger partial charge in [-0.05, 0) is 25.1 Å². The first-order chi connectivity index (χ1) is 8.65. The molecule has 3 heterocycles. The standard InChI is InChI=1S/C11H9N5OS/c1-6(17)8-2-3-9(18-8)7-4-5-13-11-14-10(12)15-16(7)11/h2-5H,1H3,(H2,12,15). The van der Waals surface area contributed by atoms with Gasteiger partial charge in [-0.15, -0.1) is 16.4 Å². The van der Waals surface area contributed by atoms with E-state index in [4.69, 9.17) is 5.73 Å². The van der Waals surface area contributed by atoms with Gasteiger partial charge in [0.1, 0.15) is 0 Å². The highest BCUT2D eigenvalue weighted by Crippen LogP contribution is 2.28. The Kier molecular flexibility index (Phi) is 2.34. The smallest absolute Gasteiger partial charge is 0.254 e. The van der Waals surface area contributed by atoms with Crippen LogP contribution in [0, 0.1) is 0 Å². The van der Waals surface area contributed by atoms with Gasteiger partial charge in [-0.25, -0.2) is 4.98 Å². The Morgan fingerprint density at radius 3 is 2.94 bits per heavy atom. The van der Waals surface area contributed by atoms with Crippen molar-refractivity contribution < 1.29 is 4.79 Å². The van der Waals surface area contributed by atoms with Crippen molar-refractivity contribution in [2.24, 2.45) is 0 Å². The number of Topliss-reactive ketones (excluding diaryl/α,β-unsaturated/α-hetero) is 1. The normalized spacial score (nSPS) is 10.9. The van der Waals surface area contributed by atoms with E-state index in [1.165, 1.54) is 11.3 Å². The first kappa shape index (κ1) is 10.8. The molecule has 0 saturated heterocycles. The van der Waals surface area contributed by atoms with Gasteiger partial charge in [0.25, 0.3) is 5.78 Å². The fraction of sp³-hybridized carbons (Fsp3) is 0.0909. The third-order valence-corrected chi connectivity index (χ3v) is 3.67. The van der Waals surface area contributed by atoms with E-state index >= 15 is 0 Å². The molecule has 0 aliphatic rings. The maximum Gasteiger partial charge on any atom is 0.254 e. The van der Waals surface area contributed by atoms with E-state index in [-0.39, 0.29) is 11.7 Å². The molecular weight excluding hydrogens is 250 g/mol. The number of nitrogen functional groups attached to an aromatic ring is 1. The number of carbonyl (C=O) groups is 1. The molecule has 18 heavy (non-hydrogen) atoms. The predicted octanol–water partition coefficient (Wildman–Crippen LogP) is 1.64. The number of rotatable bonds is 2. The summed E-state index contributed by atoms with van der Waals surface area (Å²) in [4.78, 5) is 21.0. The lowest BCUT2D eigenvalue weighted by Crippen LogP contribution is -1.95. The SMILES string of the molecule is CC(=O)c1ccc(-c2ccnc3nc(N)nn23)s1. The van der Waals surface area contributed by atoms with E-state index in [0.717, 1.165) is 10.6 Å². The Balaban J connectivity index is 2.21. The minimum atomic E-state index is 0.0506. The Bertz CT molecular complexity index is 745. The molecule has 3 aromatic rings. The maximum absolute atomic E-state index is 11.3. The molecule has 0 fully saturated rings. The third-order valence-electron chi connectivity index (χ3n) is 2.46. The lowest BCUT2D eigenvalue weighted by Gasteiger charge is -1.99. The first-order valence-corrected chi connectivity index (χ1v) is 6.05. The monoisotopic (exact) mass is 259 g/mol. The average molecular weight is 259 g/mol. The molecule has 0 unspecified atom stereocenters. The van der Waals surface area contributed by atoms with E-state index in [2.05, 4.69) is 15.1 Å². The van der Waals surface area contributed by atoms with Gasteiger partial charge in [0.15, 0.2) is 5.78 Å². The van der Waals surface area contributed by atoms with Gasteiger partial charge in [-0.3, -0.25) is 4.79 Å². The third kappa shape index (κ3) is 1.65. The van der Waals surface area contributed by atoms with Crippen LogP contribution >= 0.6 is 11.3 Å². The molecule has 0 aromatic carbocycles. The minimum absolute atomic E-state index is 0.0506. The fourth-order valence-corrected chi connectivity index (χ4v) is 2.57. The van der Waals surface area contributed by atoms with Crippen LogP contribution in [-0.2, 0) is 0 Å². The molecule has 7 heteroatoms. The minimum Gasteiger partial charge on any atom is -0.366 e. The molecule has 6 nitrogen and oxygen atoms in total. The van der Waals surface area contributed by atoms with Gasteiger partial charge in [0.2, 0.25) is 5.95 Å². The molecule has 0 spiro atoms. The van der Waals surface area contributed by atoms with Crippen LogP contribution in [0.5, 0.6) is 0 Å². The van der Waals surface area contributed by atoms with E-state index in [1.54, 1.807) is 23.7 Å². The Labute approximate surface area is 106 Å². The Morgan fingerprint density at radius 2 is 2.22 bits per heavy atom. The Morgan fingerprint density at radius 1 is 1.39 bits per heavy atom. The average Bonchev–Trinajstić information content (AvgIpc) is 2.92. The van der Waals surface area contributed by atoms with Crippen LogP contribution in [-0.4, -0.2) is 25.4 Å². The lowest BCUT2D eigenvalue weighted by atomic mass is 10.3. The summed E-state index contributed by atoms with van der Waals surface area (Å²) in [6, 6.07) is 5.50. The summed E-state index contributed by atoms with van der Waals surface area (Å²) in [5, 5.41) is 4.09. The molecule has 0 saturated carbocycles. The van der Waals surface area contributed by atoms with E-state index < -0.39 is 0 Å². The summed E-state index contributed by atoms with van der Waals surface area (Å²) < 4.78 is 1.57. The zero-order valence-electron chi connectivity index (χ0n) is 9.49. The summed E-state index contributed by atoms with van der Waals surface area (Å²) in [7, 11) is 0. The largest absolute Gasteiger partial charge is 0.366 e. The highest BCUT2D eigenvalue weighted by atomic mass is 32.1. The number of anilines is 1. The Hall–Kier alpha value is -2.28. The molecule has 3 aromatic heterocycles. The molecule has 0 amide bonds. The molecule has 90 valence electrons. The molecule has 2 N–H and O–H groups in total. The zero-order chi connectivity index (χ0) is 12.7. The number of thiophene rings is 1. The van der Waals surface area contributed by atoms with Crippen LogP contribution in [0.25, 0.3) is 16.3 Å². The number of aromatic nitrogens is 4. The van der Waals surface area contributed by atoms with Crippen LogP contribution in [0.1, 0.15) is 16.6 Å². The summed E-state index contributed by atoms with van der Waals surface area (Å²) in [6.45, 7) is 1.55. The molecule has 0 bridgehead atoms. The van der Waals surface area contributed by atoms with Crippen molar-refractivity contribution >= 4 is 28.8 Å². The number of hydrogen-bond acceptors (Lipinski definition) is 6. The number of ketones is 1. The van der Waals surface area contributed by atoms with Crippen LogP contribution in [0.3, 0.4) is 0 Å². The highest BCUT2D eigenvalue weighted by molar-refractivity contribution is 7.17. The van der Waals surface area contributed by atoms with Crippen molar-refractivity contribution in [1.82, 2.24) is 19.6 Å². The van der Waals surface area contributed by atoms with E-state index in [0.29, 0.717) is 10.7 Å². The molecule has 3 rings (SSSR count). The van der Waals surface area contributed by atoms with Crippen LogP contribution in [0.15, 0.2) is 24.4 Å². The number of hydrogen-bond donors (Lipinski definition) is 1. The van der Waals surface area contributed by atoms with Crippen LogP contribution < -0.4 is 5.73 Å². The molecule has 0 aliphatic heterocycles. The van der Waals surface area contributed by atoms with Crippen molar-refractivity contribution in [3.05, 3.63) is 29.3 Å². The van der Waals surface area contributed by atoms with Gasteiger partial charge in [-0.2, -0.15) is 9.50 Å². The molecular formula is C11H9N5OS. The van der Waals surface area contributed by atoms with E-state index in [9.17, 15) is 4.79 Å². The highest BCUT2D eigenvalue weighted by Gasteiger charge is 2.11. The zero-order valence-corrected chi connectivity index (χ0v) is 10.3. The summed E-state index contributed by atoms with van der Waals surface area (Å²) >= 11 is 1.41. The molecule has 0 atom stereocenters. The van der Waals surface area contributed by atoms with Crippen LogP contribution in [0.4, 0.5) is 5.95 Å². The summed E-state index contributed by atoms with van der Waals surface area (Å²) in [5.41, 5.74) is 6.38. The summed E-state index contributed by atoms with van der Waals surface area (Å²) in [5.74, 6) is 0.677. The number of fused-ring (bicyclic) bond motifs is 1. The predicted molar refractivity (Wildman–Crippen MR) is 68.5 cm³/mol. The fourth-order valence-electron chi connectivity index (χ4n) is 1.66. The molecule has 0 radical (unpaired) electrons. The van der Waals surface area contributed by atoms with Crippen molar-refractivity contribution in [2.45, 2.75) is 6.92 Å². The van der Waals surface area contributed by atoms with Gasteiger partial charge in [0.05, 0.1) is 15.4 Å². The second-order valence-corrected chi connectivity index (χ2v) is 4.82. The number of nitrogens with zero attached hydrogens (tertiary/aromatic N) is 4. The van der Waals surface area contributed by atoms with Gasteiger partial charge in [-0.1, -0.05) is 0 Å². The van der Waals surface area contributed by atoms with Gasteiger partial charge in [0, 0.05) is 6.20 Å². The second kappa shape index (κ2) is 3.88. The lowest BCUT2D eigenvalue weighted by molar-refractivity contribution is 0.102. The van der Waals surface area contributed by atoms with Crippen molar-refractivity contribution in [2.75, 3.05) is 5.73 Å². The van der Waals surface area contributed by atoms with Crippen molar-refractivity contribution in [1.29, 1.82) is 0 Å². The topological polar surface area (TPSA) is 86.2 Å². The molecule has 0 aliphatic carbocycles. The van der Waals surface area contributed by atoms with Gasteiger partial charge >= 0.3 is 0 Å². The van der Waals surface area contributed by atoms with E-state index in [1.807, 2.05) is 12.1 Å². The van der Waals surface area contributed by atoms with Crippen molar-refractivity contribution in [3.63, 3.8) is 0 Å². The van der Waals surface area contributed by atoms with Crippen molar-refractivity contribution in [3.8, 4) is 10.6 Å². The second-order valence-electron chi connectivity index (χ2n) is 3.73. The summed E-state index contributed by atoms with van der Waals surface area (Å²) in [6.07, 6.45) is 1.64. The number of nitrogens with two attached hydrogens (primary N) is 1. The number of carbonyl (C=O) groups excluding carboxylic acids is 1.